The summed E-state index contributed by atoms with van der Waals surface area (Å²) in [6.07, 6.45) is 1.05. The SMILES string of the molecule is CC1(C)CCN1C(=O)Nc1nncs1. The Balaban J connectivity index is 1.97. The van der Waals surface area contributed by atoms with E-state index in [1.807, 2.05) is 0 Å². The molecule has 1 saturated heterocycles. The van der Waals surface area contributed by atoms with E-state index in [-0.39, 0.29) is 11.6 Å². The summed E-state index contributed by atoms with van der Waals surface area (Å²) in [5.41, 5.74) is 1.58. The van der Waals surface area contributed by atoms with Gasteiger partial charge in [0.1, 0.15) is 5.51 Å². The molecule has 5 nitrogen and oxygen atoms in total. The van der Waals surface area contributed by atoms with Gasteiger partial charge in [-0.05, 0) is 20.3 Å². The lowest BCUT2D eigenvalue weighted by Crippen LogP contribution is -2.59. The zero-order valence-corrected chi connectivity index (χ0v) is 8.97. The molecule has 14 heavy (non-hydrogen) atoms. The van der Waals surface area contributed by atoms with Crippen LogP contribution < -0.4 is 5.32 Å². The van der Waals surface area contributed by atoms with Gasteiger partial charge in [-0.1, -0.05) is 11.3 Å². The van der Waals surface area contributed by atoms with Gasteiger partial charge in [-0.25, -0.2) is 4.79 Å². The molecule has 1 aromatic rings. The molecular formula is C8H12N4OS. The Morgan fingerprint density at radius 3 is 2.93 bits per heavy atom. The van der Waals surface area contributed by atoms with Crippen LogP contribution in [0.4, 0.5) is 9.93 Å². The average molecular weight is 212 g/mol. The Labute approximate surface area is 86.1 Å². The number of hydrogen-bond acceptors (Lipinski definition) is 4. The third-order valence-corrected chi connectivity index (χ3v) is 3.10. The van der Waals surface area contributed by atoms with Gasteiger partial charge < -0.3 is 4.90 Å². The Kier molecular flexibility index (Phi) is 2.14. The third kappa shape index (κ3) is 1.57. The minimum absolute atomic E-state index is 0.0191. The lowest BCUT2D eigenvalue weighted by atomic mass is 9.90. The number of carbonyl (C=O) groups excluding carboxylic acids is 1. The largest absolute Gasteiger partial charge is 0.324 e. The fourth-order valence-corrected chi connectivity index (χ4v) is 1.87. The fourth-order valence-electron chi connectivity index (χ4n) is 1.43. The highest BCUT2D eigenvalue weighted by atomic mass is 32.1. The van der Waals surface area contributed by atoms with Crippen molar-refractivity contribution in [2.24, 2.45) is 0 Å². The highest BCUT2D eigenvalue weighted by Crippen LogP contribution is 2.29. The van der Waals surface area contributed by atoms with Crippen molar-refractivity contribution in [3.63, 3.8) is 0 Å². The van der Waals surface area contributed by atoms with E-state index in [0.29, 0.717) is 5.13 Å². The Morgan fingerprint density at radius 1 is 1.71 bits per heavy atom. The predicted octanol–water partition coefficient (Wildman–Crippen LogP) is 1.55. The molecule has 1 aliphatic rings. The van der Waals surface area contributed by atoms with E-state index < -0.39 is 0 Å². The second-order valence-corrected chi connectivity index (χ2v) is 4.72. The number of carbonyl (C=O) groups is 1. The Bertz CT molecular complexity index is 335. The van der Waals surface area contributed by atoms with E-state index in [4.69, 9.17) is 0 Å². The van der Waals surface area contributed by atoms with E-state index in [2.05, 4.69) is 29.4 Å². The van der Waals surface area contributed by atoms with Gasteiger partial charge in [0.15, 0.2) is 0 Å². The number of nitrogens with zero attached hydrogens (tertiary/aromatic N) is 3. The molecule has 0 radical (unpaired) electrons. The molecule has 1 aromatic heterocycles. The van der Waals surface area contributed by atoms with Gasteiger partial charge in [-0.15, -0.1) is 10.2 Å². The number of nitrogens with one attached hydrogen (secondary N) is 1. The van der Waals surface area contributed by atoms with Crippen LogP contribution in [0.25, 0.3) is 0 Å². The van der Waals surface area contributed by atoms with E-state index in [1.54, 1.807) is 10.4 Å². The van der Waals surface area contributed by atoms with E-state index in [0.717, 1.165) is 13.0 Å². The van der Waals surface area contributed by atoms with Gasteiger partial charge >= 0.3 is 6.03 Å². The number of aromatic nitrogens is 2. The van der Waals surface area contributed by atoms with Crippen LogP contribution in [0.2, 0.25) is 0 Å². The second-order valence-electron chi connectivity index (χ2n) is 3.89. The van der Waals surface area contributed by atoms with Crippen LogP contribution in [-0.2, 0) is 0 Å². The van der Waals surface area contributed by atoms with Gasteiger partial charge in [-0.3, -0.25) is 5.32 Å². The van der Waals surface area contributed by atoms with Crippen molar-refractivity contribution >= 4 is 22.5 Å². The smallest absolute Gasteiger partial charge is 0.319 e. The molecule has 2 heterocycles. The van der Waals surface area contributed by atoms with E-state index in [9.17, 15) is 4.79 Å². The first-order valence-electron chi connectivity index (χ1n) is 4.44. The standard InChI is InChI=1S/C8H12N4OS/c1-8(2)3-4-12(8)7(13)10-6-11-9-5-14-6/h5H,3-4H2,1-2H3,(H,10,11,13). The normalized spacial score (nSPS) is 18.9. The molecule has 0 unspecified atom stereocenters. The van der Waals surface area contributed by atoms with Crippen molar-refractivity contribution in [1.82, 2.24) is 15.1 Å². The number of likely N-dealkylation sites (tertiary alicyclic amines) is 1. The minimum Gasteiger partial charge on any atom is -0.319 e. The molecule has 0 saturated carbocycles. The predicted molar refractivity (Wildman–Crippen MR) is 54.3 cm³/mol. The van der Waals surface area contributed by atoms with Crippen LogP contribution in [-0.4, -0.2) is 33.2 Å². The monoisotopic (exact) mass is 212 g/mol. The van der Waals surface area contributed by atoms with Crippen LogP contribution in [0.3, 0.4) is 0 Å². The summed E-state index contributed by atoms with van der Waals surface area (Å²) in [6.45, 7) is 4.92. The number of anilines is 1. The van der Waals surface area contributed by atoms with Crippen molar-refractivity contribution in [2.75, 3.05) is 11.9 Å². The zero-order valence-electron chi connectivity index (χ0n) is 8.15. The molecule has 0 aliphatic carbocycles. The zero-order chi connectivity index (χ0) is 10.2. The maximum Gasteiger partial charge on any atom is 0.324 e. The Hall–Kier alpha value is -1.17. The summed E-state index contributed by atoms with van der Waals surface area (Å²) in [4.78, 5) is 13.5. The van der Waals surface area contributed by atoms with Gasteiger partial charge in [0.25, 0.3) is 0 Å². The fraction of sp³-hybridized carbons (Fsp3) is 0.625. The van der Waals surface area contributed by atoms with Crippen LogP contribution in [0.15, 0.2) is 5.51 Å². The summed E-state index contributed by atoms with van der Waals surface area (Å²) >= 11 is 1.32. The topological polar surface area (TPSA) is 58.1 Å². The number of amides is 2. The van der Waals surface area contributed by atoms with Gasteiger partial charge in [0, 0.05) is 12.1 Å². The molecule has 0 bridgehead atoms. The van der Waals surface area contributed by atoms with Crippen LogP contribution in [0, 0.1) is 0 Å². The average Bonchev–Trinajstić information content (AvgIpc) is 2.55. The molecule has 76 valence electrons. The molecule has 0 atom stereocenters. The molecule has 6 heteroatoms. The van der Waals surface area contributed by atoms with Crippen molar-refractivity contribution in [3.05, 3.63) is 5.51 Å². The highest BCUT2D eigenvalue weighted by Gasteiger charge is 2.39. The first-order chi connectivity index (χ1) is 6.59. The van der Waals surface area contributed by atoms with Crippen LogP contribution >= 0.6 is 11.3 Å². The lowest BCUT2D eigenvalue weighted by Gasteiger charge is -2.47. The van der Waals surface area contributed by atoms with Gasteiger partial charge in [0.2, 0.25) is 5.13 Å². The molecule has 2 amide bonds. The van der Waals surface area contributed by atoms with Gasteiger partial charge in [-0.2, -0.15) is 0 Å². The summed E-state index contributed by atoms with van der Waals surface area (Å²) in [6, 6.07) is -0.0852. The molecule has 1 fully saturated rings. The maximum atomic E-state index is 11.7. The van der Waals surface area contributed by atoms with Gasteiger partial charge in [0.05, 0.1) is 0 Å². The maximum absolute atomic E-state index is 11.7. The summed E-state index contributed by atoms with van der Waals surface area (Å²) in [7, 11) is 0. The van der Waals surface area contributed by atoms with Crippen molar-refractivity contribution < 1.29 is 4.79 Å². The molecular weight excluding hydrogens is 200 g/mol. The molecule has 1 N–H and O–H groups in total. The summed E-state index contributed by atoms with van der Waals surface area (Å²) in [5.74, 6) is 0. The van der Waals surface area contributed by atoms with Crippen molar-refractivity contribution in [3.8, 4) is 0 Å². The quantitative estimate of drug-likeness (QED) is 0.768. The minimum atomic E-state index is -0.0852. The Morgan fingerprint density at radius 2 is 2.50 bits per heavy atom. The number of hydrogen-bond donors (Lipinski definition) is 1. The molecule has 1 aliphatic heterocycles. The van der Waals surface area contributed by atoms with E-state index >= 15 is 0 Å². The summed E-state index contributed by atoms with van der Waals surface area (Å²) in [5, 5.41) is 10.7. The number of rotatable bonds is 1. The summed E-state index contributed by atoms with van der Waals surface area (Å²) < 4.78 is 0. The molecule has 0 spiro atoms. The van der Waals surface area contributed by atoms with Crippen molar-refractivity contribution in [1.29, 1.82) is 0 Å². The second kappa shape index (κ2) is 3.20. The number of urea groups is 1. The van der Waals surface area contributed by atoms with E-state index in [1.165, 1.54) is 11.3 Å². The first kappa shape index (κ1) is 9.39. The van der Waals surface area contributed by atoms with Crippen molar-refractivity contribution in [2.45, 2.75) is 25.8 Å². The molecule has 0 aromatic carbocycles. The van der Waals surface area contributed by atoms with Crippen LogP contribution in [0.5, 0.6) is 0 Å². The molecule has 2 rings (SSSR count). The third-order valence-electron chi connectivity index (χ3n) is 2.50. The highest BCUT2D eigenvalue weighted by molar-refractivity contribution is 7.13. The lowest BCUT2D eigenvalue weighted by molar-refractivity contribution is 0.0611. The first-order valence-corrected chi connectivity index (χ1v) is 5.32. The van der Waals surface area contributed by atoms with Crippen LogP contribution in [0.1, 0.15) is 20.3 Å².